The molecule has 0 N–H and O–H groups in total. The van der Waals surface area contributed by atoms with Gasteiger partial charge in [-0.2, -0.15) is 0 Å². The van der Waals surface area contributed by atoms with Crippen LogP contribution in [0.15, 0.2) is 84.0 Å². The van der Waals surface area contributed by atoms with Crippen LogP contribution in [0.1, 0.15) is 27.8 Å². The fourth-order valence-electron chi connectivity index (χ4n) is 3.08. The molecule has 0 fully saturated rings. The van der Waals surface area contributed by atoms with Crippen molar-refractivity contribution in [1.82, 2.24) is 0 Å². The summed E-state index contributed by atoms with van der Waals surface area (Å²) in [6, 6.07) is 25.5. The minimum atomic E-state index is -1.50. The second-order valence-electron chi connectivity index (χ2n) is 6.47. The Labute approximate surface area is 155 Å². The van der Waals surface area contributed by atoms with Crippen LogP contribution in [-0.4, -0.2) is 9.25 Å². The van der Waals surface area contributed by atoms with E-state index in [9.17, 15) is 4.21 Å². The van der Waals surface area contributed by atoms with Gasteiger partial charge in [0.25, 0.3) is 4.93 Å². The van der Waals surface area contributed by atoms with Crippen molar-refractivity contribution in [2.24, 2.45) is 5.16 Å². The quantitative estimate of drug-likeness (QED) is 0.681. The Balaban J connectivity index is 1.87. The highest BCUT2D eigenvalue weighted by Gasteiger charge is 2.50. The molecule has 1 aliphatic heterocycles. The van der Waals surface area contributed by atoms with Crippen molar-refractivity contribution in [3.05, 3.63) is 107 Å². The molecule has 0 aliphatic carbocycles. The van der Waals surface area contributed by atoms with Gasteiger partial charge in [-0.25, -0.2) is 4.21 Å². The lowest BCUT2D eigenvalue weighted by molar-refractivity contribution is 0.0634. The number of hydrogen-bond acceptors (Lipinski definition) is 3. The Morgan fingerprint density at radius 3 is 1.77 bits per heavy atom. The molecule has 26 heavy (non-hydrogen) atoms. The summed E-state index contributed by atoms with van der Waals surface area (Å²) < 4.78 is 13.7. The molecule has 1 unspecified atom stereocenters. The van der Waals surface area contributed by atoms with E-state index >= 15 is 0 Å². The van der Waals surface area contributed by atoms with Gasteiger partial charge in [-0.05, 0) is 13.8 Å². The third-order valence-electron chi connectivity index (χ3n) is 4.58. The average Bonchev–Trinajstić information content (AvgIpc) is 3.02. The Morgan fingerprint density at radius 2 is 1.27 bits per heavy atom. The van der Waals surface area contributed by atoms with Gasteiger partial charge >= 0.3 is 0 Å². The lowest BCUT2D eigenvalue weighted by atomic mass is 9.99. The summed E-state index contributed by atoms with van der Waals surface area (Å²) in [5.74, 6) is 0. The molecule has 0 radical (unpaired) electrons. The van der Waals surface area contributed by atoms with Crippen LogP contribution < -0.4 is 0 Å². The summed E-state index contributed by atoms with van der Waals surface area (Å²) in [7, 11) is -1.50. The van der Waals surface area contributed by atoms with E-state index in [0.717, 1.165) is 27.8 Å². The zero-order chi connectivity index (χ0) is 18.1. The first-order valence-corrected chi connectivity index (χ1v) is 9.64. The van der Waals surface area contributed by atoms with E-state index in [0.29, 0.717) is 5.04 Å². The minimum Gasteiger partial charge on any atom is -0.364 e. The molecule has 1 heterocycles. The number of hydrogen-bond donors (Lipinski definition) is 0. The molecule has 4 rings (SSSR count). The van der Waals surface area contributed by atoms with E-state index in [1.165, 1.54) is 0 Å². The molecule has 1 atom stereocenters. The maximum atomic E-state index is 13.7. The third kappa shape index (κ3) is 2.67. The van der Waals surface area contributed by atoms with Gasteiger partial charge in [0.05, 0.1) is 0 Å². The Bertz CT molecular complexity index is 931. The first kappa shape index (κ1) is 16.7. The van der Waals surface area contributed by atoms with Crippen molar-refractivity contribution in [2.45, 2.75) is 18.8 Å². The van der Waals surface area contributed by atoms with Crippen molar-refractivity contribution in [1.29, 1.82) is 0 Å². The Hall–Kier alpha value is -2.72. The number of oxime groups is 1. The summed E-state index contributed by atoms with van der Waals surface area (Å²) in [6.45, 7) is 4.06. The van der Waals surface area contributed by atoms with Crippen LogP contribution in [0.4, 0.5) is 0 Å². The first-order chi connectivity index (χ1) is 12.6. The maximum absolute atomic E-state index is 13.7. The smallest absolute Gasteiger partial charge is 0.267 e. The zero-order valence-corrected chi connectivity index (χ0v) is 15.5. The predicted molar refractivity (Wildman–Crippen MR) is 105 cm³/mol. The third-order valence-corrected chi connectivity index (χ3v) is 6.31. The summed E-state index contributed by atoms with van der Waals surface area (Å²) >= 11 is 0. The molecule has 0 aromatic heterocycles. The minimum absolute atomic E-state index is 0.465. The summed E-state index contributed by atoms with van der Waals surface area (Å²) in [5, 5.41) is 4.72. The van der Waals surface area contributed by atoms with Gasteiger partial charge in [0, 0.05) is 16.7 Å². The van der Waals surface area contributed by atoms with Gasteiger partial charge < -0.3 is 4.84 Å². The Kier molecular flexibility index (Phi) is 4.21. The van der Waals surface area contributed by atoms with Gasteiger partial charge in [0.15, 0.2) is 5.04 Å². The van der Waals surface area contributed by atoms with E-state index in [1.807, 2.05) is 92.7 Å². The second-order valence-corrected chi connectivity index (χ2v) is 7.97. The molecule has 130 valence electrons. The van der Waals surface area contributed by atoms with Crippen molar-refractivity contribution in [3.8, 4) is 0 Å². The maximum Gasteiger partial charge on any atom is 0.267 e. The van der Waals surface area contributed by atoms with Crippen LogP contribution >= 0.6 is 0 Å². The van der Waals surface area contributed by atoms with Crippen LogP contribution in [0.5, 0.6) is 0 Å². The number of aryl methyl sites for hydroxylation is 2. The van der Waals surface area contributed by atoms with Gasteiger partial charge in [-0.15, -0.1) is 0 Å². The van der Waals surface area contributed by atoms with Crippen LogP contribution in [0.3, 0.4) is 0 Å². The number of rotatable bonds is 3. The van der Waals surface area contributed by atoms with E-state index in [2.05, 4.69) is 5.16 Å². The van der Waals surface area contributed by atoms with E-state index < -0.39 is 15.7 Å². The zero-order valence-electron chi connectivity index (χ0n) is 14.7. The second kappa shape index (κ2) is 6.54. The molecule has 3 nitrogen and oxygen atoms in total. The molecule has 1 aliphatic rings. The van der Waals surface area contributed by atoms with Crippen molar-refractivity contribution in [2.75, 3.05) is 0 Å². The molecule has 4 heteroatoms. The normalized spacial score (nSPS) is 18.2. The molecule has 0 saturated carbocycles. The van der Waals surface area contributed by atoms with Gasteiger partial charge in [0.2, 0.25) is 0 Å². The highest BCUT2D eigenvalue weighted by Crippen LogP contribution is 2.42. The van der Waals surface area contributed by atoms with Crippen molar-refractivity contribution < 1.29 is 9.05 Å². The van der Waals surface area contributed by atoms with Crippen LogP contribution in [0.2, 0.25) is 0 Å². The van der Waals surface area contributed by atoms with Gasteiger partial charge in [-0.3, -0.25) is 0 Å². The highest BCUT2D eigenvalue weighted by atomic mass is 32.2. The van der Waals surface area contributed by atoms with Gasteiger partial charge in [0.1, 0.15) is 10.8 Å². The highest BCUT2D eigenvalue weighted by molar-refractivity contribution is 8.02. The average molecular weight is 361 g/mol. The monoisotopic (exact) mass is 361 g/mol. The standard InChI is InChI=1S/C22H19NO2S/c1-16-8-12-19(13-9-16)22(20-14-10-17(2)11-15-20)25-23-21(26(22)24)18-6-4-3-5-7-18/h3-15H,1-2H3. The summed E-state index contributed by atoms with van der Waals surface area (Å²) in [4.78, 5) is 4.83. The molecule has 0 bridgehead atoms. The summed E-state index contributed by atoms with van der Waals surface area (Å²) in [6.07, 6.45) is 0. The largest absolute Gasteiger partial charge is 0.364 e. The molecule has 0 spiro atoms. The topological polar surface area (TPSA) is 38.7 Å². The van der Waals surface area contributed by atoms with E-state index in [4.69, 9.17) is 4.84 Å². The summed E-state index contributed by atoms with van der Waals surface area (Å²) in [5.41, 5.74) is 4.76. The van der Waals surface area contributed by atoms with E-state index in [-0.39, 0.29) is 0 Å². The SMILES string of the molecule is Cc1ccc(C2(c3ccc(C)cc3)ON=C(c3ccccc3)S2=O)cc1. The molecule has 3 aromatic carbocycles. The van der Waals surface area contributed by atoms with Crippen LogP contribution in [0, 0.1) is 13.8 Å². The van der Waals surface area contributed by atoms with E-state index in [1.54, 1.807) is 0 Å². The molecular weight excluding hydrogens is 342 g/mol. The number of nitrogens with zero attached hydrogens (tertiary/aromatic N) is 1. The van der Waals surface area contributed by atoms with Gasteiger partial charge in [-0.1, -0.05) is 95.1 Å². The predicted octanol–water partition coefficient (Wildman–Crippen LogP) is 4.65. The lowest BCUT2D eigenvalue weighted by Crippen LogP contribution is -2.33. The fourth-order valence-corrected chi connectivity index (χ4v) is 4.61. The first-order valence-electron chi connectivity index (χ1n) is 8.49. The molecule has 0 amide bonds. The van der Waals surface area contributed by atoms with Crippen LogP contribution in [0.25, 0.3) is 0 Å². The Morgan fingerprint density at radius 1 is 0.769 bits per heavy atom. The van der Waals surface area contributed by atoms with Crippen molar-refractivity contribution >= 4 is 15.8 Å². The molecule has 3 aromatic rings. The lowest BCUT2D eigenvalue weighted by Gasteiger charge is -2.26. The molecular formula is C22H19NO2S. The fraction of sp³-hybridized carbons (Fsp3) is 0.136. The van der Waals surface area contributed by atoms with Crippen molar-refractivity contribution in [3.63, 3.8) is 0 Å². The molecule has 0 saturated heterocycles. The number of benzene rings is 3. The van der Waals surface area contributed by atoms with Crippen LogP contribution in [-0.2, 0) is 20.6 Å².